The van der Waals surface area contributed by atoms with Gasteiger partial charge in [-0.05, 0) is 30.7 Å². The van der Waals surface area contributed by atoms with Gasteiger partial charge in [0, 0.05) is 6.54 Å². The van der Waals surface area contributed by atoms with Crippen molar-refractivity contribution in [1.29, 1.82) is 5.26 Å². The van der Waals surface area contributed by atoms with E-state index in [9.17, 15) is 13.5 Å². The van der Waals surface area contributed by atoms with E-state index in [1.807, 2.05) is 13.0 Å². The van der Waals surface area contributed by atoms with E-state index in [-0.39, 0.29) is 11.4 Å². The Labute approximate surface area is 107 Å². The molecule has 0 aliphatic heterocycles. The van der Waals surface area contributed by atoms with Crippen molar-refractivity contribution < 1.29 is 13.5 Å². The molecule has 0 aromatic heterocycles. The maximum Gasteiger partial charge on any atom is 0.240 e. The predicted molar refractivity (Wildman–Crippen MR) is 67.3 cm³/mol. The summed E-state index contributed by atoms with van der Waals surface area (Å²) in [6.07, 6.45) is 0.665. The van der Waals surface area contributed by atoms with Gasteiger partial charge in [-0.3, -0.25) is 0 Å². The molecular formula is C12H16N2O3S. The van der Waals surface area contributed by atoms with Crippen LogP contribution in [0.1, 0.15) is 25.3 Å². The van der Waals surface area contributed by atoms with Gasteiger partial charge >= 0.3 is 0 Å². The zero-order chi connectivity index (χ0) is 13.6. The molecule has 0 aliphatic carbocycles. The van der Waals surface area contributed by atoms with Crippen molar-refractivity contribution in [3.8, 4) is 6.07 Å². The smallest absolute Gasteiger partial charge is 0.240 e. The van der Waals surface area contributed by atoms with Crippen LogP contribution >= 0.6 is 0 Å². The Hall–Kier alpha value is -1.42. The number of hydrogen-bond acceptors (Lipinski definition) is 4. The van der Waals surface area contributed by atoms with Gasteiger partial charge in [0.15, 0.2) is 0 Å². The molecule has 0 bridgehead atoms. The molecule has 0 radical (unpaired) electrons. The molecule has 0 amide bonds. The van der Waals surface area contributed by atoms with Gasteiger partial charge in [-0.15, -0.1) is 0 Å². The standard InChI is InChI=1S/C12H16N2O3S/c1-2-3-11(15)9-14-18(16,17)12-6-4-10(8-13)5-7-12/h4-7,11,14-15H,2-3,9H2,1H3. The Morgan fingerprint density at radius 1 is 1.39 bits per heavy atom. The van der Waals surface area contributed by atoms with E-state index in [1.165, 1.54) is 24.3 Å². The van der Waals surface area contributed by atoms with E-state index in [2.05, 4.69) is 4.72 Å². The quantitative estimate of drug-likeness (QED) is 0.805. The van der Waals surface area contributed by atoms with E-state index in [0.717, 1.165) is 6.42 Å². The number of hydrogen-bond donors (Lipinski definition) is 2. The largest absolute Gasteiger partial charge is 0.392 e. The number of nitriles is 1. The van der Waals surface area contributed by atoms with E-state index in [1.54, 1.807) is 0 Å². The summed E-state index contributed by atoms with van der Waals surface area (Å²) in [6, 6.07) is 7.54. The van der Waals surface area contributed by atoms with Crippen LogP contribution in [0.15, 0.2) is 29.2 Å². The fourth-order valence-corrected chi connectivity index (χ4v) is 2.51. The lowest BCUT2D eigenvalue weighted by atomic mass is 10.2. The van der Waals surface area contributed by atoms with E-state index in [0.29, 0.717) is 12.0 Å². The van der Waals surface area contributed by atoms with Crippen LogP contribution in [0.3, 0.4) is 0 Å². The molecule has 1 aromatic rings. The molecule has 0 fully saturated rings. The number of nitrogens with one attached hydrogen (secondary N) is 1. The van der Waals surface area contributed by atoms with Crippen molar-refractivity contribution in [3.63, 3.8) is 0 Å². The van der Waals surface area contributed by atoms with Gasteiger partial charge in [-0.1, -0.05) is 13.3 Å². The van der Waals surface area contributed by atoms with Crippen LogP contribution in [-0.4, -0.2) is 26.2 Å². The first kappa shape index (κ1) is 14.6. The Bertz CT molecular complexity index is 517. The first-order valence-corrected chi connectivity index (χ1v) is 7.16. The molecule has 18 heavy (non-hydrogen) atoms. The minimum absolute atomic E-state index is 0.00379. The lowest BCUT2D eigenvalue weighted by Gasteiger charge is -2.11. The second kappa shape index (κ2) is 6.50. The minimum atomic E-state index is -3.62. The number of nitrogens with zero attached hydrogens (tertiary/aromatic N) is 1. The van der Waals surface area contributed by atoms with Gasteiger partial charge in [0.05, 0.1) is 22.6 Å². The highest BCUT2D eigenvalue weighted by atomic mass is 32.2. The zero-order valence-corrected chi connectivity index (χ0v) is 10.9. The van der Waals surface area contributed by atoms with Crippen LogP contribution in [-0.2, 0) is 10.0 Å². The average molecular weight is 268 g/mol. The molecule has 0 saturated heterocycles. The summed E-state index contributed by atoms with van der Waals surface area (Å²) in [7, 11) is -3.62. The number of benzene rings is 1. The van der Waals surface area contributed by atoms with Crippen LogP contribution in [0.25, 0.3) is 0 Å². The highest BCUT2D eigenvalue weighted by Gasteiger charge is 2.15. The summed E-state index contributed by atoms with van der Waals surface area (Å²) in [5.41, 5.74) is 0.403. The second-order valence-electron chi connectivity index (χ2n) is 3.93. The average Bonchev–Trinajstić information content (AvgIpc) is 2.37. The molecule has 1 aromatic carbocycles. The molecule has 0 aliphatic rings. The highest BCUT2D eigenvalue weighted by molar-refractivity contribution is 7.89. The second-order valence-corrected chi connectivity index (χ2v) is 5.70. The van der Waals surface area contributed by atoms with E-state index < -0.39 is 16.1 Å². The molecule has 6 heteroatoms. The Morgan fingerprint density at radius 3 is 2.50 bits per heavy atom. The molecule has 0 saturated carbocycles. The normalized spacial score (nSPS) is 12.9. The van der Waals surface area contributed by atoms with E-state index in [4.69, 9.17) is 5.26 Å². The predicted octanol–water partition coefficient (Wildman–Crippen LogP) is 0.998. The van der Waals surface area contributed by atoms with Crippen molar-refractivity contribution in [1.82, 2.24) is 4.72 Å². The zero-order valence-electron chi connectivity index (χ0n) is 10.1. The summed E-state index contributed by atoms with van der Waals surface area (Å²) in [5, 5.41) is 18.1. The summed E-state index contributed by atoms with van der Waals surface area (Å²) in [5.74, 6) is 0. The summed E-state index contributed by atoms with van der Waals surface area (Å²) < 4.78 is 26.0. The minimum Gasteiger partial charge on any atom is -0.392 e. The molecule has 5 nitrogen and oxygen atoms in total. The van der Waals surface area contributed by atoms with Crippen molar-refractivity contribution in [2.75, 3.05) is 6.54 Å². The van der Waals surface area contributed by atoms with Gasteiger partial charge in [-0.25, -0.2) is 13.1 Å². The maximum atomic E-state index is 11.8. The Morgan fingerprint density at radius 2 is 2.00 bits per heavy atom. The number of aliphatic hydroxyl groups is 1. The van der Waals surface area contributed by atoms with Gasteiger partial charge in [0.25, 0.3) is 0 Å². The first-order chi connectivity index (χ1) is 8.49. The Balaban J connectivity index is 2.71. The van der Waals surface area contributed by atoms with Crippen LogP contribution in [0.4, 0.5) is 0 Å². The molecule has 0 spiro atoms. The third-order valence-electron chi connectivity index (χ3n) is 2.42. The van der Waals surface area contributed by atoms with Gasteiger partial charge < -0.3 is 5.11 Å². The fourth-order valence-electron chi connectivity index (χ4n) is 1.43. The van der Waals surface area contributed by atoms with Gasteiger partial charge in [0.1, 0.15) is 0 Å². The lowest BCUT2D eigenvalue weighted by molar-refractivity contribution is 0.167. The lowest BCUT2D eigenvalue weighted by Crippen LogP contribution is -2.32. The third kappa shape index (κ3) is 4.11. The van der Waals surface area contributed by atoms with Gasteiger partial charge in [0.2, 0.25) is 10.0 Å². The highest BCUT2D eigenvalue weighted by Crippen LogP contribution is 2.10. The molecule has 98 valence electrons. The summed E-state index contributed by atoms with van der Waals surface area (Å²) >= 11 is 0. The number of sulfonamides is 1. The number of aliphatic hydroxyl groups excluding tert-OH is 1. The van der Waals surface area contributed by atoms with Crippen LogP contribution in [0.5, 0.6) is 0 Å². The molecular weight excluding hydrogens is 252 g/mol. The van der Waals surface area contributed by atoms with Crippen LogP contribution in [0.2, 0.25) is 0 Å². The van der Waals surface area contributed by atoms with Crippen molar-refractivity contribution in [2.45, 2.75) is 30.8 Å². The molecule has 1 rings (SSSR count). The van der Waals surface area contributed by atoms with Gasteiger partial charge in [-0.2, -0.15) is 5.26 Å². The fraction of sp³-hybridized carbons (Fsp3) is 0.417. The third-order valence-corrected chi connectivity index (χ3v) is 3.86. The van der Waals surface area contributed by atoms with Crippen molar-refractivity contribution in [3.05, 3.63) is 29.8 Å². The summed E-state index contributed by atoms with van der Waals surface area (Å²) in [4.78, 5) is 0.0881. The molecule has 1 atom stereocenters. The first-order valence-electron chi connectivity index (χ1n) is 5.67. The van der Waals surface area contributed by atoms with E-state index >= 15 is 0 Å². The van der Waals surface area contributed by atoms with Crippen molar-refractivity contribution >= 4 is 10.0 Å². The van der Waals surface area contributed by atoms with Crippen LogP contribution in [0, 0.1) is 11.3 Å². The maximum absolute atomic E-state index is 11.8. The SMILES string of the molecule is CCCC(O)CNS(=O)(=O)c1ccc(C#N)cc1. The molecule has 2 N–H and O–H groups in total. The van der Waals surface area contributed by atoms with Crippen molar-refractivity contribution in [2.24, 2.45) is 0 Å². The topological polar surface area (TPSA) is 90.2 Å². The van der Waals surface area contributed by atoms with Crippen LogP contribution < -0.4 is 4.72 Å². The number of rotatable bonds is 6. The summed E-state index contributed by atoms with van der Waals surface area (Å²) in [6.45, 7) is 1.91. The molecule has 1 unspecified atom stereocenters. The monoisotopic (exact) mass is 268 g/mol. The Kier molecular flexibility index (Phi) is 5.28. The molecule has 0 heterocycles.